The van der Waals surface area contributed by atoms with E-state index in [-0.39, 0.29) is 6.54 Å². The lowest BCUT2D eigenvalue weighted by molar-refractivity contribution is -0.122. The minimum absolute atomic E-state index is 0.217. The Morgan fingerprint density at radius 2 is 1.61 bits per heavy atom. The van der Waals surface area contributed by atoms with E-state index in [1.807, 2.05) is 66.7 Å². The lowest BCUT2D eigenvalue weighted by Gasteiger charge is -2.09. The number of H-pyrrole nitrogens is 1. The van der Waals surface area contributed by atoms with Crippen LogP contribution >= 0.6 is 0 Å². The molecule has 6 heteroatoms. The molecule has 1 heterocycles. The number of carbonyl (C=O) groups excluding carboxylic acids is 3. The summed E-state index contributed by atoms with van der Waals surface area (Å²) in [6.07, 6.45) is 0.629. The van der Waals surface area contributed by atoms with Gasteiger partial charge in [0.15, 0.2) is 0 Å². The molecule has 1 unspecified atom stereocenters. The molecule has 1 atom stereocenters. The Morgan fingerprint density at radius 3 is 2.21 bits per heavy atom. The zero-order chi connectivity index (χ0) is 19.9. The topological polar surface area (TPSA) is 91.1 Å². The van der Waals surface area contributed by atoms with Crippen LogP contribution in [0.15, 0.2) is 66.7 Å². The van der Waals surface area contributed by atoms with Crippen LogP contribution in [0, 0.1) is 0 Å². The molecule has 0 fully saturated rings. The summed E-state index contributed by atoms with van der Waals surface area (Å²) in [4.78, 5) is 38.4. The van der Waals surface area contributed by atoms with Gasteiger partial charge in [-0.15, -0.1) is 0 Å². The van der Waals surface area contributed by atoms with E-state index in [4.69, 9.17) is 0 Å². The van der Waals surface area contributed by atoms with Crippen molar-refractivity contribution in [1.29, 1.82) is 0 Å². The number of benzene rings is 2. The van der Waals surface area contributed by atoms with E-state index >= 15 is 0 Å². The number of carbonyl (C=O) groups is 3. The summed E-state index contributed by atoms with van der Waals surface area (Å²) in [5.41, 5.74) is 3.78. The predicted octanol–water partition coefficient (Wildman–Crippen LogP) is 2.78. The molecule has 2 amide bonds. The number of amides is 2. The summed E-state index contributed by atoms with van der Waals surface area (Å²) < 4.78 is 0. The van der Waals surface area contributed by atoms with Gasteiger partial charge in [0.1, 0.15) is 12.0 Å². The van der Waals surface area contributed by atoms with Crippen LogP contribution in [0.4, 0.5) is 0 Å². The summed E-state index contributed by atoms with van der Waals surface area (Å²) in [5.74, 6) is -0.820. The third-order valence-electron chi connectivity index (χ3n) is 4.22. The van der Waals surface area contributed by atoms with Gasteiger partial charge in [-0.05, 0) is 24.1 Å². The van der Waals surface area contributed by atoms with Crippen LogP contribution in [-0.4, -0.2) is 35.7 Å². The first-order valence-corrected chi connectivity index (χ1v) is 8.95. The standard InChI is InChI=1S/C22H21N3O3/c1-15(14-26)24-20(27)13-23-22(28)21-18(16-8-4-2-5-9-16)12-19(25-21)17-10-6-3-7-11-17/h2-12,14-15,25H,13H2,1H3,(H,23,28)(H,24,27). The van der Waals surface area contributed by atoms with E-state index < -0.39 is 17.9 Å². The molecule has 0 aliphatic carbocycles. The number of aromatic nitrogens is 1. The largest absolute Gasteiger partial charge is 0.350 e. The summed E-state index contributed by atoms with van der Waals surface area (Å²) in [6, 6.07) is 20.6. The molecule has 0 saturated heterocycles. The zero-order valence-corrected chi connectivity index (χ0v) is 15.4. The summed E-state index contributed by atoms with van der Waals surface area (Å²) in [6.45, 7) is 1.35. The van der Waals surface area contributed by atoms with Crippen molar-refractivity contribution in [3.63, 3.8) is 0 Å². The van der Waals surface area contributed by atoms with Gasteiger partial charge in [0.2, 0.25) is 5.91 Å². The molecule has 3 aromatic rings. The van der Waals surface area contributed by atoms with Crippen LogP contribution in [0.2, 0.25) is 0 Å². The molecular formula is C22H21N3O3. The molecule has 0 spiro atoms. The number of rotatable bonds is 7. The molecule has 3 rings (SSSR count). The quantitative estimate of drug-likeness (QED) is 0.555. The predicted molar refractivity (Wildman–Crippen MR) is 108 cm³/mol. The maximum Gasteiger partial charge on any atom is 0.268 e. The van der Waals surface area contributed by atoms with Crippen molar-refractivity contribution in [3.8, 4) is 22.4 Å². The van der Waals surface area contributed by atoms with Crippen molar-refractivity contribution < 1.29 is 14.4 Å². The van der Waals surface area contributed by atoms with E-state index in [0.717, 1.165) is 22.4 Å². The van der Waals surface area contributed by atoms with Crippen molar-refractivity contribution in [2.75, 3.05) is 6.54 Å². The first-order chi connectivity index (χ1) is 13.6. The van der Waals surface area contributed by atoms with Crippen molar-refractivity contribution in [2.24, 2.45) is 0 Å². The highest BCUT2D eigenvalue weighted by atomic mass is 16.2. The fourth-order valence-corrected chi connectivity index (χ4v) is 2.84. The van der Waals surface area contributed by atoms with Crippen LogP contribution < -0.4 is 10.6 Å². The molecule has 1 aromatic heterocycles. The summed E-state index contributed by atoms with van der Waals surface area (Å²) in [7, 11) is 0. The van der Waals surface area contributed by atoms with Gasteiger partial charge >= 0.3 is 0 Å². The monoisotopic (exact) mass is 375 g/mol. The van der Waals surface area contributed by atoms with Crippen LogP contribution in [0.1, 0.15) is 17.4 Å². The van der Waals surface area contributed by atoms with Gasteiger partial charge in [-0.25, -0.2) is 0 Å². The van der Waals surface area contributed by atoms with Crippen molar-refractivity contribution in [1.82, 2.24) is 15.6 Å². The fraction of sp³-hybridized carbons (Fsp3) is 0.136. The van der Waals surface area contributed by atoms with Crippen molar-refractivity contribution in [3.05, 3.63) is 72.4 Å². The Balaban J connectivity index is 1.86. The third-order valence-corrected chi connectivity index (χ3v) is 4.22. The second kappa shape index (κ2) is 8.81. The van der Waals surface area contributed by atoms with Gasteiger partial charge in [0.25, 0.3) is 5.91 Å². The summed E-state index contributed by atoms with van der Waals surface area (Å²) >= 11 is 0. The number of nitrogens with one attached hydrogen (secondary N) is 3. The van der Waals surface area contributed by atoms with Gasteiger partial charge < -0.3 is 20.4 Å². The Hall–Kier alpha value is -3.67. The molecule has 0 radical (unpaired) electrons. The first kappa shape index (κ1) is 19.1. The molecule has 0 bridgehead atoms. The maximum absolute atomic E-state index is 12.8. The number of aldehydes is 1. The van der Waals surface area contributed by atoms with Gasteiger partial charge in [0.05, 0.1) is 12.6 Å². The van der Waals surface area contributed by atoms with Gasteiger partial charge in [-0.1, -0.05) is 60.7 Å². The molecule has 0 aliphatic heterocycles. The van der Waals surface area contributed by atoms with Crippen molar-refractivity contribution >= 4 is 18.1 Å². The lowest BCUT2D eigenvalue weighted by Crippen LogP contribution is -2.41. The van der Waals surface area contributed by atoms with Gasteiger partial charge in [-0.2, -0.15) is 0 Å². The number of aromatic amines is 1. The van der Waals surface area contributed by atoms with E-state index in [1.165, 1.54) is 0 Å². The highest BCUT2D eigenvalue weighted by Crippen LogP contribution is 2.29. The normalized spacial score (nSPS) is 11.5. The highest BCUT2D eigenvalue weighted by molar-refractivity contribution is 6.02. The lowest BCUT2D eigenvalue weighted by atomic mass is 10.0. The number of hydrogen-bond donors (Lipinski definition) is 3. The second-order valence-electron chi connectivity index (χ2n) is 6.38. The maximum atomic E-state index is 12.8. The molecule has 28 heavy (non-hydrogen) atoms. The number of hydrogen-bond acceptors (Lipinski definition) is 3. The Bertz CT molecular complexity index is 965. The highest BCUT2D eigenvalue weighted by Gasteiger charge is 2.18. The first-order valence-electron chi connectivity index (χ1n) is 8.95. The Morgan fingerprint density at radius 1 is 1.00 bits per heavy atom. The van der Waals surface area contributed by atoms with Gasteiger partial charge in [-0.3, -0.25) is 9.59 Å². The fourth-order valence-electron chi connectivity index (χ4n) is 2.84. The van der Waals surface area contributed by atoms with Crippen molar-refractivity contribution in [2.45, 2.75) is 13.0 Å². The average Bonchev–Trinajstić information content (AvgIpc) is 3.19. The van der Waals surface area contributed by atoms with Crippen LogP contribution in [0.3, 0.4) is 0 Å². The van der Waals surface area contributed by atoms with Crippen LogP contribution in [0.5, 0.6) is 0 Å². The molecular weight excluding hydrogens is 354 g/mol. The zero-order valence-electron chi connectivity index (χ0n) is 15.4. The van der Waals surface area contributed by atoms with Crippen LogP contribution in [-0.2, 0) is 9.59 Å². The second-order valence-corrected chi connectivity index (χ2v) is 6.38. The minimum Gasteiger partial charge on any atom is -0.350 e. The average molecular weight is 375 g/mol. The molecule has 3 N–H and O–H groups in total. The Kier molecular flexibility index (Phi) is 6.01. The molecule has 142 valence electrons. The Labute approximate surface area is 163 Å². The SMILES string of the molecule is CC(C=O)NC(=O)CNC(=O)c1[nH]c(-c2ccccc2)cc1-c1ccccc1. The third kappa shape index (κ3) is 4.54. The summed E-state index contributed by atoms with van der Waals surface area (Å²) in [5, 5.41) is 5.09. The van der Waals surface area contributed by atoms with Gasteiger partial charge in [0, 0.05) is 11.3 Å². The van der Waals surface area contributed by atoms with E-state index in [1.54, 1.807) is 6.92 Å². The van der Waals surface area contributed by atoms with E-state index in [9.17, 15) is 14.4 Å². The van der Waals surface area contributed by atoms with E-state index in [0.29, 0.717) is 12.0 Å². The van der Waals surface area contributed by atoms with E-state index in [2.05, 4.69) is 15.6 Å². The molecule has 0 aliphatic rings. The molecule has 2 aromatic carbocycles. The molecule has 6 nitrogen and oxygen atoms in total. The minimum atomic E-state index is -0.598. The van der Waals surface area contributed by atoms with Crippen LogP contribution in [0.25, 0.3) is 22.4 Å². The smallest absolute Gasteiger partial charge is 0.268 e. The molecule has 0 saturated carbocycles.